The molecule has 3 atom stereocenters. The van der Waals surface area contributed by atoms with Gasteiger partial charge in [-0.2, -0.15) is 0 Å². The number of anilines is 1. The van der Waals surface area contributed by atoms with Gasteiger partial charge in [0.05, 0.1) is 25.8 Å². The lowest BCUT2D eigenvalue weighted by molar-refractivity contribution is 0.0922. The third-order valence-electron chi connectivity index (χ3n) is 8.03. The number of aromatic nitrogens is 1. The number of nitrogens with one attached hydrogen (secondary N) is 2. The van der Waals surface area contributed by atoms with Crippen LogP contribution in [0.1, 0.15) is 70.5 Å². The number of ether oxygens (including phenoxy) is 2. The maximum absolute atomic E-state index is 13.1. The minimum Gasteiger partial charge on any atom is -0.497 e. The molecule has 0 aliphatic carbocycles. The highest BCUT2D eigenvalue weighted by Gasteiger charge is 2.42. The van der Waals surface area contributed by atoms with E-state index in [4.69, 9.17) is 9.47 Å². The van der Waals surface area contributed by atoms with Crippen LogP contribution >= 0.6 is 0 Å². The average Bonchev–Trinajstić information content (AvgIpc) is 3.22. The molecule has 2 saturated heterocycles. The zero-order chi connectivity index (χ0) is 27.5. The second-order valence-corrected chi connectivity index (χ2v) is 10.4. The molecule has 2 fully saturated rings. The molecule has 5 rings (SSSR count). The van der Waals surface area contributed by atoms with E-state index < -0.39 is 0 Å². The van der Waals surface area contributed by atoms with Crippen LogP contribution in [0.4, 0.5) is 5.82 Å². The van der Waals surface area contributed by atoms with Crippen molar-refractivity contribution in [1.29, 1.82) is 0 Å². The fourth-order valence-electron chi connectivity index (χ4n) is 5.96. The fraction of sp³-hybridized carbons (Fsp3) is 0.387. The first kappa shape index (κ1) is 26.5. The summed E-state index contributed by atoms with van der Waals surface area (Å²) in [5.41, 5.74) is 3.00. The van der Waals surface area contributed by atoms with Crippen LogP contribution in [-0.4, -0.2) is 49.1 Å². The van der Waals surface area contributed by atoms with E-state index in [1.54, 1.807) is 20.4 Å². The van der Waals surface area contributed by atoms with Crippen LogP contribution in [0.5, 0.6) is 11.5 Å². The number of carbonyl (C=O) groups is 2. The summed E-state index contributed by atoms with van der Waals surface area (Å²) >= 11 is 0. The van der Waals surface area contributed by atoms with Gasteiger partial charge in [0.25, 0.3) is 11.8 Å². The molecule has 2 bridgehead atoms. The number of fused-ring (bicyclic) bond motifs is 2. The van der Waals surface area contributed by atoms with Gasteiger partial charge in [0.1, 0.15) is 17.3 Å². The molecule has 204 valence electrons. The number of amides is 2. The maximum Gasteiger partial charge on any atom is 0.253 e. The number of methoxy groups -OCH3 is 2. The molecule has 2 aliphatic rings. The van der Waals surface area contributed by atoms with Crippen molar-refractivity contribution < 1.29 is 19.1 Å². The predicted octanol–water partition coefficient (Wildman–Crippen LogP) is 4.83. The number of carbonyl (C=O) groups excluding carboxylic acids is 2. The molecule has 0 saturated carbocycles. The third-order valence-corrected chi connectivity index (χ3v) is 8.03. The van der Waals surface area contributed by atoms with Gasteiger partial charge in [-0.25, -0.2) is 4.98 Å². The quantitative estimate of drug-likeness (QED) is 0.435. The summed E-state index contributed by atoms with van der Waals surface area (Å²) in [6, 6.07) is 17.6. The molecule has 0 radical (unpaired) electrons. The van der Waals surface area contributed by atoms with Gasteiger partial charge in [0.15, 0.2) is 0 Å². The number of rotatable bonds is 8. The Labute approximate surface area is 229 Å². The van der Waals surface area contributed by atoms with Crippen LogP contribution in [0.15, 0.2) is 60.8 Å². The van der Waals surface area contributed by atoms with Crippen LogP contribution in [0.2, 0.25) is 0 Å². The first-order chi connectivity index (χ1) is 18.9. The zero-order valence-electron chi connectivity index (χ0n) is 22.9. The molecule has 3 heterocycles. The Morgan fingerprint density at radius 2 is 1.72 bits per heavy atom. The number of piperidine rings is 1. The molecule has 8 heteroatoms. The summed E-state index contributed by atoms with van der Waals surface area (Å²) in [5, 5.41) is 6.31. The van der Waals surface area contributed by atoms with Gasteiger partial charge in [0.2, 0.25) is 0 Å². The third kappa shape index (κ3) is 5.55. The SMILES string of the molecule is COc1cccc([C@H](C)NC(=O)c2ccc(N3C4CCC3CC(NC(=O)c3cccc(OC)c3C)C4)nc2)c1. The van der Waals surface area contributed by atoms with Crippen LogP contribution in [0.25, 0.3) is 0 Å². The van der Waals surface area contributed by atoms with E-state index in [-0.39, 0.29) is 23.9 Å². The maximum atomic E-state index is 13.1. The molecule has 39 heavy (non-hydrogen) atoms. The molecule has 8 nitrogen and oxygen atoms in total. The Kier molecular flexibility index (Phi) is 7.72. The summed E-state index contributed by atoms with van der Waals surface area (Å²) in [5.74, 6) is 2.14. The predicted molar refractivity (Wildman–Crippen MR) is 151 cm³/mol. The minimum atomic E-state index is -0.168. The highest BCUT2D eigenvalue weighted by atomic mass is 16.5. The normalized spacial score (nSPS) is 20.7. The summed E-state index contributed by atoms with van der Waals surface area (Å²) in [7, 11) is 3.25. The van der Waals surface area contributed by atoms with Crippen molar-refractivity contribution in [3.63, 3.8) is 0 Å². The van der Waals surface area contributed by atoms with Crippen molar-refractivity contribution in [3.8, 4) is 11.5 Å². The van der Waals surface area contributed by atoms with Gasteiger partial charge in [-0.1, -0.05) is 18.2 Å². The molecule has 1 aromatic heterocycles. The van der Waals surface area contributed by atoms with Crippen molar-refractivity contribution >= 4 is 17.6 Å². The number of pyridine rings is 1. The highest BCUT2D eigenvalue weighted by molar-refractivity contribution is 5.96. The molecule has 2 N–H and O–H groups in total. The van der Waals surface area contributed by atoms with E-state index in [1.807, 2.05) is 68.4 Å². The second kappa shape index (κ2) is 11.4. The van der Waals surface area contributed by atoms with Crippen molar-refractivity contribution in [2.24, 2.45) is 0 Å². The highest BCUT2D eigenvalue weighted by Crippen LogP contribution is 2.38. The van der Waals surface area contributed by atoms with Crippen molar-refractivity contribution in [3.05, 3.63) is 83.0 Å². The first-order valence-electron chi connectivity index (χ1n) is 13.5. The summed E-state index contributed by atoms with van der Waals surface area (Å²) < 4.78 is 10.7. The Morgan fingerprint density at radius 1 is 0.974 bits per heavy atom. The van der Waals surface area contributed by atoms with E-state index in [0.717, 1.165) is 54.1 Å². The zero-order valence-corrected chi connectivity index (χ0v) is 22.9. The smallest absolute Gasteiger partial charge is 0.253 e. The molecule has 2 aliphatic heterocycles. The van der Waals surface area contributed by atoms with E-state index in [2.05, 4.69) is 20.5 Å². The van der Waals surface area contributed by atoms with E-state index in [0.29, 0.717) is 23.2 Å². The summed E-state index contributed by atoms with van der Waals surface area (Å²) in [6.07, 6.45) is 5.52. The van der Waals surface area contributed by atoms with Gasteiger partial charge in [-0.3, -0.25) is 9.59 Å². The van der Waals surface area contributed by atoms with Crippen molar-refractivity contribution in [1.82, 2.24) is 15.6 Å². The van der Waals surface area contributed by atoms with Crippen LogP contribution in [0, 0.1) is 6.92 Å². The van der Waals surface area contributed by atoms with Gasteiger partial charge in [0, 0.05) is 35.4 Å². The Morgan fingerprint density at radius 3 is 2.38 bits per heavy atom. The molecule has 2 unspecified atom stereocenters. The monoisotopic (exact) mass is 528 g/mol. The Bertz CT molecular complexity index is 1330. The van der Waals surface area contributed by atoms with E-state index >= 15 is 0 Å². The lowest BCUT2D eigenvalue weighted by Crippen LogP contribution is -2.50. The number of benzene rings is 2. The molecule has 0 spiro atoms. The molecule has 2 amide bonds. The van der Waals surface area contributed by atoms with Crippen LogP contribution in [0.3, 0.4) is 0 Å². The molecule has 3 aromatic rings. The van der Waals surface area contributed by atoms with Crippen molar-refractivity contribution in [2.45, 2.75) is 63.7 Å². The van der Waals surface area contributed by atoms with E-state index in [1.165, 1.54) is 0 Å². The number of hydrogen-bond acceptors (Lipinski definition) is 6. The fourth-order valence-corrected chi connectivity index (χ4v) is 5.96. The largest absolute Gasteiger partial charge is 0.497 e. The summed E-state index contributed by atoms with van der Waals surface area (Å²) in [6.45, 7) is 3.86. The Balaban J connectivity index is 1.20. The lowest BCUT2D eigenvalue weighted by atomic mass is 9.96. The van der Waals surface area contributed by atoms with Gasteiger partial charge in [-0.15, -0.1) is 0 Å². The minimum absolute atomic E-state index is 0.0547. The standard InChI is InChI=1S/C31H36N4O4/c1-19-27(9-6-10-28(19)39-4)31(37)34-23-16-24-12-13-25(17-23)35(24)29-14-11-22(18-32-29)30(36)33-20(2)21-7-5-8-26(15-21)38-3/h5-11,14-15,18,20,23-25H,12-13,16-17H2,1-4H3,(H,33,36)(H,34,37)/t20-,23?,24?,25?/m0/s1. The number of hydrogen-bond donors (Lipinski definition) is 2. The van der Waals surface area contributed by atoms with Crippen molar-refractivity contribution in [2.75, 3.05) is 19.1 Å². The van der Waals surface area contributed by atoms with Crippen LogP contribution in [-0.2, 0) is 0 Å². The second-order valence-electron chi connectivity index (χ2n) is 10.4. The molecular formula is C31H36N4O4. The van der Waals surface area contributed by atoms with Gasteiger partial charge >= 0.3 is 0 Å². The topological polar surface area (TPSA) is 92.8 Å². The Hall–Kier alpha value is -4.07. The van der Waals surface area contributed by atoms with E-state index in [9.17, 15) is 9.59 Å². The van der Waals surface area contributed by atoms with Gasteiger partial charge in [-0.05, 0) is 81.5 Å². The van der Waals surface area contributed by atoms with Gasteiger partial charge < -0.3 is 25.0 Å². The molecule has 2 aromatic carbocycles. The number of nitrogens with zero attached hydrogens (tertiary/aromatic N) is 2. The van der Waals surface area contributed by atoms with Crippen LogP contribution < -0.4 is 25.0 Å². The summed E-state index contributed by atoms with van der Waals surface area (Å²) in [4.78, 5) is 33.0. The average molecular weight is 529 g/mol. The molecular weight excluding hydrogens is 492 g/mol. The lowest BCUT2D eigenvalue weighted by Gasteiger charge is -2.40. The first-order valence-corrected chi connectivity index (χ1v) is 13.5.